The second-order valence-electron chi connectivity index (χ2n) is 4.93. The highest BCUT2D eigenvalue weighted by Crippen LogP contribution is 2.42. The summed E-state index contributed by atoms with van der Waals surface area (Å²) in [4.78, 5) is 21.0. The zero-order chi connectivity index (χ0) is 17.7. The fourth-order valence-electron chi connectivity index (χ4n) is 1.97. The number of amides is 1. The Labute approximate surface area is 144 Å². The molecule has 2 heterocycles. The van der Waals surface area contributed by atoms with Crippen LogP contribution in [0.15, 0.2) is 48.5 Å². The van der Waals surface area contributed by atoms with Crippen molar-refractivity contribution in [2.24, 2.45) is 0 Å². The molecule has 4 rings (SSSR count). The topological polar surface area (TPSA) is 84.7 Å². The zero-order valence-corrected chi connectivity index (χ0v) is 13.9. The quantitative estimate of drug-likeness (QED) is 0.443. The van der Waals surface area contributed by atoms with Crippen molar-refractivity contribution in [3.8, 4) is 11.5 Å². The number of halogens is 1. The summed E-state index contributed by atoms with van der Waals surface area (Å²) in [7, 11) is 1.59. The number of benzene rings is 2. The van der Waals surface area contributed by atoms with Gasteiger partial charge in [-0.2, -0.15) is 0 Å². The number of anilines is 1. The lowest BCUT2D eigenvalue weighted by molar-refractivity contribution is -0.386. The van der Waals surface area contributed by atoms with Crippen molar-refractivity contribution in [1.82, 2.24) is 5.32 Å². The number of fused-ring (bicyclic) bond motifs is 2. The average Bonchev–Trinajstić information content (AvgIpc) is 2.60. The monoisotopic (exact) mass is 349 g/mol. The van der Waals surface area contributed by atoms with E-state index in [1.165, 1.54) is 10.5 Å². The number of nitro benzene ring substituents is 1. The minimum absolute atomic E-state index is 0.0370. The molecule has 0 fully saturated rings. The molecule has 126 valence electrons. The van der Waals surface area contributed by atoms with Crippen LogP contribution in [0.4, 0.5) is 11.4 Å². The van der Waals surface area contributed by atoms with Crippen LogP contribution in [0.2, 0.25) is 0 Å². The van der Waals surface area contributed by atoms with E-state index in [1.807, 2.05) is 30.3 Å². The third-order valence-corrected chi connectivity index (χ3v) is 3.81. The van der Waals surface area contributed by atoms with E-state index in [1.54, 1.807) is 26.1 Å². The summed E-state index contributed by atoms with van der Waals surface area (Å²) >= 11 is 6.00. The molecular formula is C16H16ClN3O4. The van der Waals surface area contributed by atoms with Gasteiger partial charge in [-0.25, -0.2) is 0 Å². The van der Waals surface area contributed by atoms with Gasteiger partial charge in [0.25, 0.3) is 0 Å². The van der Waals surface area contributed by atoms with Crippen LogP contribution in [0.3, 0.4) is 0 Å². The van der Waals surface area contributed by atoms with Crippen molar-refractivity contribution < 1.29 is 14.5 Å². The van der Waals surface area contributed by atoms with E-state index < -0.39 is 4.92 Å². The number of hydrogen-bond donors (Lipinski definition) is 1. The van der Waals surface area contributed by atoms with Crippen LogP contribution in [0.25, 0.3) is 0 Å². The average molecular weight is 350 g/mol. The van der Waals surface area contributed by atoms with Gasteiger partial charge in [0.1, 0.15) is 11.8 Å². The van der Waals surface area contributed by atoms with E-state index in [-0.39, 0.29) is 17.6 Å². The Morgan fingerprint density at radius 1 is 1.29 bits per heavy atom. The Hall–Kier alpha value is -2.80. The van der Waals surface area contributed by atoms with Crippen molar-refractivity contribution in [1.29, 1.82) is 0 Å². The summed E-state index contributed by atoms with van der Waals surface area (Å²) in [5, 5.41) is 12.7. The normalized spacial score (nSPS) is 11.8. The highest BCUT2D eigenvalue weighted by atomic mass is 35.5. The van der Waals surface area contributed by atoms with Crippen LogP contribution < -0.4 is 14.5 Å². The summed E-state index contributed by atoms with van der Waals surface area (Å²) in [6.45, 7) is 1.75. The number of rotatable bonds is 4. The predicted octanol–water partition coefficient (Wildman–Crippen LogP) is 3.48. The molecule has 2 aromatic carbocycles. The zero-order valence-electron chi connectivity index (χ0n) is 13.1. The smallest absolute Gasteiger partial charge is 0.311 e. The third kappa shape index (κ3) is 3.94. The number of ether oxygens (including phenoxy) is 1. The van der Waals surface area contributed by atoms with Gasteiger partial charge < -0.3 is 10.1 Å². The van der Waals surface area contributed by atoms with E-state index in [4.69, 9.17) is 16.5 Å². The summed E-state index contributed by atoms with van der Waals surface area (Å²) < 4.78 is 6.28. The summed E-state index contributed by atoms with van der Waals surface area (Å²) in [5.74, 6) is 0.951. The van der Waals surface area contributed by atoms with Gasteiger partial charge in [-0.3, -0.25) is 19.3 Å². The van der Waals surface area contributed by atoms with Crippen molar-refractivity contribution in [2.45, 2.75) is 13.0 Å². The van der Waals surface area contributed by atoms with Gasteiger partial charge in [-0.05, 0) is 25.1 Å². The number of nitrogens with one attached hydrogen (secondary N) is 1. The molecule has 2 aromatic rings. The van der Waals surface area contributed by atoms with Gasteiger partial charge >= 0.3 is 5.69 Å². The molecule has 2 bridgehead atoms. The highest BCUT2D eigenvalue weighted by Gasteiger charge is 2.23. The van der Waals surface area contributed by atoms with E-state index in [2.05, 4.69) is 5.32 Å². The Morgan fingerprint density at radius 2 is 1.92 bits per heavy atom. The second kappa shape index (κ2) is 7.65. The molecule has 0 saturated heterocycles. The molecule has 8 heteroatoms. The molecule has 0 spiro atoms. The Bertz CT molecular complexity index is 736. The third-order valence-electron chi connectivity index (χ3n) is 3.32. The summed E-state index contributed by atoms with van der Waals surface area (Å²) in [6, 6.07) is 13.6. The van der Waals surface area contributed by atoms with Crippen LogP contribution in [0.1, 0.15) is 6.92 Å². The molecule has 0 aliphatic carbocycles. The Kier molecular flexibility index (Phi) is 5.59. The number of nitro groups is 1. The van der Waals surface area contributed by atoms with Gasteiger partial charge in [-0.15, -0.1) is 0 Å². The van der Waals surface area contributed by atoms with Crippen molar-refractivity contribution in [3.63, 3.8) is 0 Å². The SMILES string of the molecule is CNC(=O)C(C)N(Cl)c1ccccc1.O=[N+]([O-])c1ccc2cc1O2. The van der Waals surface area contributed by atoms with Crippen LogP contribution in [0, 0.1) is 10.1 Å². The number of carbonyl (C=O) groups excluding carboxylic acids is 1. The van der Waals surface area contributed by atoms with Gasteiger partial charge in [-0.1, -0.05) is 18.2 Å². The molecule has 1 N–H and O–H groups in total. The number of likely N-dealkylation sites (N-methyl/N-ethyl adjacent to an activating group) is 1. The molecule has 1 atom stereocenters. The Balaban J connectivity index is 0.000000182. The lowest BCUT2D eigenvalue weighted by atomic mass is 10.2. The largest absolute Gasteiger partial charge is 0.450 e. The van der Waals surface area contributed by atoms with E-state index in [9.17, 15) is 14.9 Å². The molecule has 0 aromatic heterocycles. The molecule has 24 heavy (non-hydrogen) atoms. The van der Waals surface area contributed by atoms with Crippen molar-refractivity contribution in [2.75, 3.05) is 11.5 Å². The number of nitrogens with zero attached hydrogens (tertiary/aromatic N) is 2. The van der Waals surface area contributed by atoms with Crippen LogP contribution in [-0.4, -0.2) is 23.9 Å². The van der Waals surface area contributed by atoms with Crippen LogP contribution >= 0.6 is 11.8 Å². The molecule has 0 radical (unpaired) electrons. The van der Waals surface area contributed by atoms with E-state index in [0.717, 1.165) is 5.69 Å². The lowest BCUT2D eigenvalue weighted by Crippen LogP contribution is -2.39. The maximum Gasteiger partial charge on any atom is 0.311 e. The molecular weight excluding hydrogens is 334 g/mol. The van der Waals surface area contributed by atoms with Crippen molar-refractivity contribution >= 4 is 29.1 Å². The maximum absolute atomic E-state index is 11.3. The Morgan fingerprint density at radius 3 is 2.33 bits per heavy atom. The van der Waals surface area contributed by atoms with Gasteiger partial charge in [0.15, 0.2) is 0 Å². The molecule has 7 nitrogen and oxygen atoms in total. The fraction of sp³-hybridized carbons (Fsp3) is 0.188. The molecule has 2 aliphatic rings. The van der Waals surface area contributed by atoms with Gasteiger partial charge in [0.2, 0.25) is 11.7 Å². The minimum Gasteiger partial charge on any atom is -0.450 e. The molecule has 2 aliphatic heterocycles. The highest BCUT2D eigenvalue weighted by molar-refractivity contribution is 6.27. The first kappa shape index (κ1) is 17.6. The minimum atomic E-state index is -0.460. The van der Waals surface area contributed by atoms with E-state index in [0.29, 0.717) is 11.5 Å². The summed E-state index contributed by atoms with van der Waals surface area (Å²) in [6.07, 6.45) is 0. The fourth-order valence-corrected chi connectivity index (χ4v) is 2.17. The van der Waals surface area contributed by atoms with Gasteiger partial charge in [0, 0.05) is 31.0 Å². The first-order valence-electron chi connectivity index (χ1n) is 7.12. The standard InChI is InChI=1S/C10H13ClN2O.C6H3NO3/c1-8(10(14)12-2)13(11)9-6-4-3-5-7-9;8-7(9)5-2-1-4-3-6(5)10-4/h3-8H,1-2H3,(H,12,14);1-3H. The number of para-hydroxylation sites is 1. The molecule has 1 amide bonds. The van der Waals surface area contributed by atoms with Gasteiger partial charge in [0.05, 0.1) is 10.6 Å². The predicted molar refractivity (Wildman–Crippen MR) is 91.5 cm³/mol. The van der Waals surface area contributed by atoms with Crippen LogP contribution in [-0.2, 0) is 4.79 Å². The first-order valence-corrected chi connectivity index (χ1v) is 7.45. The summed E-state index contributed by atoms with van der Waals surface area (Å²) in [5.41, 5.74) is 0.847. The van der Waals surface area contributed by atoms with Crippen molar-refractivity contribution in [3.05, 3.63) is 58.6 Å². The van der Waals surface area contributed by atoms with Crippen LogP contribution in [0.5, 0.6) is 11.5 Å². The molecule has 1 unspecified atom stereocenters. The lowest BCUT2D eigenvalue weighted by Gasteiger charge is -2.21. The van der Waals surface area contributed by atoms with E-state index >= 15 is 0 Å². The molecule has 0 saturated carbocycles. The maximum atomic E-state index is 11.3. The number of hydrogen-bond acceptors (Lipinski definition) is 5. The second-order valence-corrected chi connectivity index (χ2v) is 5.29. The first-order chi connectivity index (χ1) is 11.4. The number of carbonyl (C=O) groups is 1.